The third kappa shape index (κ3) is 11.7. The zero-order chi connectivity index (χ0) is 22.7. The second-order valence-corrected chi connectivity index (χ2v) is 9.07. The molecule has 0 aliphatic heterocycles. The van der Waals surface area contributed by atoms with Crippen LogP contribution in [0, 0.1) is 0 Å². The first-order valence-electron chi connectivity index (χ1n) is 10.6. The second-order valence-electron chi connectivity index (χ2n) is 7.64. The van der Waals surface area contributed by atoms with Gasteiger partial charge in [-0.05, 0) is 57.7 Å². The van der Waals surface area contributed by atoms with Crippen LogP contribution < -0.4 is 0 Å². The van der Waals surface area contributed by atoms with Crippen molar-refractivity contribution in [2.24, 2.45) is 0 Å². The molecule has 1 rings (SSSR count). The summed E-state index contributed by atoms with van der Waals surface area (Å²) in [6.07, 6.45) is 6.59. The van der Waals surface area contributed by atoms with E-state index in [0.29, 0.717) is 12.8 Å². The Morgan fingerprint density at radius 2 is 1.26 bits per heavy atom. The van der Waals surface area contributed by atoms with E-state index in [-0.39, 0.29) is 63.9 Å². The van der Waals surface area contributed by atoms with Gasteiger partial charge in [0, 0.05) is 0 Å². The summed E-state index contributed by atoms with van der Waals surface area (Å²) in [6, 6.07) is 3.23. The molecular weight excluding hydrogens is 448 g/mol. The first-order chi connectivity index (χ1) is 14.1. The van der Waals surface area contributed by atoms with Gasteiger partial charge in [0.15, 0.2) is 0 Å². The minimum absolute atomic E-state index is 0. The van der Waals surface area contributed by atoms with Gasteiger partial charge >= 0.3 is 49.7 Å². The maximum Gasteiger partial charge on any atom is 2.00 e. The fourth-order valence-electron chi connectivity index (χ4n) is 2.97. The molecule has 0 aromatic heterocycles. The minimum Gasteiger partial charge on any atom is -1.00 e. The van der Waals surface area contributed by atoms with Crippen molar-refractivity contribution in [3.8, 4) is 0 Å². The van der Waals surface area contributed by atoms with Crippen LogP contribution in [0.2, 0.25) is 0 Å². The molecule has 2 atom stereocenters. The molecule has 0 heterocycles. The topological polar surface area (TPSA) is 107 Å². The molecule has 0 amide bonds. The number of hydrogen-bond donors (Lipinski definition) is 1. The number of carbonyl (C=O) groups is 2. The molecule has 1 aromatic rings. The van der Waals surface area contributed by atoms with Gasteiger partial charge in [-0.1, -0.05) is 39.5 Å². The number of ether oxygens (including phenoxy) is 2. The summed E-state index contributed by atoms with van der Waals surface area (Å²) in [5, 5.41) is 0. The molecule has 0 aliphatic carbocycles. The molecule has 31 heavy (non-hydrogen) atoms. The van der Waals surface area contributed by atoms with Crippen LogP contribution in [-0.2, 0) is 19.6 Å². The summed E-state index contributed by atoms with van der Waals surface area (Å²) < 4.78 is 43.4. The van der Waals surface area contributed by atoms with Crippen molar-refractivity contribution in [2.75, 3.05) is 0 Å². The SMILES string of the molecule is CCCCCC(C)OC(=O)c1cc(C(=O)OC(C)CCCCC)cc(S(=O)(=O)O)c1.[Ca+2].[H-].[H-]. The summed E-state index contributed by atoms with van der Waals surface area (Å²) in [4.78, 5) is 24.4. The molecule has 2 unspecified atom stereocenters. The normalized spacial score (nSPS) is 13.1. The van der Waals surface area contributed by atoms with Gasteiger partial charge in [0.1, 0.15) is 0 Å². The molecule has 0 fully saturated rings. The quantitative estimate of drug-likeness (QED) is 0.181. The second kappa shape index (κ2) is 15.2. The van der Waals surface area contributed by atoms with Crippen molar-refractivity contribution < 1.29 is 34.9 Å². The van der Waals surface area contributed by atoms with E-state index in [9.17, 15) is 22.6 Å². The average Bonchev–Trinajstić information content (AvgIpc) is 2.67. The van der Waals surface area contributed by atoms with E-state index in [2.05, 4.69) is 13.8 Å². The van der Waals surface area contributed by atoms with Gasteiger partial charge in [0.05, 0.1) is 28.2 Å². The van der Waals surface area contributed by atoms with Crippen LogP contribution in [0.5, 0.6) is 0 Å². The van der Waals surface area contributed by atoms with Crippen LogP contribution >= 0.6 is 0 Å². The molecule has 0 bridgehead atoms. The van der Waals surface area contributed by atoms with E-state index in [1.807, 2.05) is 0 Å². The zero-order valence-corrected chi connectivity index (χ0v) is 22.1. The molecule has 0 aliphatic rings. The molecular formula is C22H36CaO7S. The summed E-state index contributed by atoms with van der Waals surface area (Å²) >= 11 is 0. The standard InChI is InChI=1S/C22H34O7S.Ca.2H/c1-5-7-9-11-16(3)28-21(23)18-13-19(15-20(14-18)30(25,26)27)22(24)29-17(4)12-10-8-6-2;;;/h13-17H,5-12H2,1-4H3,(H,25,26,27);;;/q;+2;2*-1. The monoisotopic (exact) mass is 484 g/mol. The van der Waals surface area contributed by atoms with Crippen LogP contribution in [0.3, 0.4) is 0 Å². The fraction of sp³-hybridized carbons (Fsp3) is 0.636. The fourth-order valence-corrected chi connectivity index (χ4v) is 3.52. The van der Waals surface area contributed by atoms with Gasteiger partial charge in [-0.25, -0.2) is 9.59 Å². The molecule has 1 aromatic carbocycles. The van der Waals surface area contributed by atoms with E-state index >= 15 is 0 Å². The average molecular weight is 485 g/mol. The number of unbranched alkanes of at least 4 members (excludes halogenated alkanes) is 4. The van der Waals surface area contributed by atoms with Crippen LogP contribution in [0.25, 0.3) is 0 Å². The van der Waals surface area contributed by atoms with Gasteiger partial charge in [-0.15, -0.1) is 0 Å². The van der Waals surface area contributed by atoms with Gasteiger partial charge in [0.25, 0.3) is 10.1 Å². The predicted octanol–water partition coefficient (Wildman–Crippen LogP) is 5.03. The summed E-state index contributed by atoms with van der Waals surface area (Å²) in [6.45, 7) is 7.66. The van der Waals surface area contributed by atoms with Crippen molar-refractivity contribution in [3.05, 3.63) is 29.3 Å². The predicted molar refractivity (Wildman–Crippen MR) is 122 cm³/mol. The largest absolute Gasteiger partial charge is 2.00 e. The van der Waals surface area contributed by atoms with Crippen LogP contribution in [0.1, 0.15) is 103 Å². The molecule has 0 saturated carbocycles. The van der Waals surface area contributed by atoms with Gasteiger partial charge in [-0.2, -0.15) is 8.42 Å². The molecule has 7 nitrogen and oxygen atoms in total. The van der Waals surface area contributed by atoms with E-state index in [1.54, 1.807) is 13.8 Å². The maximum atomic E-state index is 12.5. The first kappa shape index (κ1) is 30.3. The van der Waals surface area contributed by atoms with Crippen LogP contribution in [-0.4, -0.2) is 74.9 Å². The molecule has 174 valence electrons. The van der Waals surface area contributed by atoms with E-state index in [4.69, 9.17) is 9.47 Å². The van der Waals surface area contributed by atoms with Gasteiger partial charge < -0.3 is 12.3 Å². The first-order valence-corrected chi connectivity index (χ1v) is 12.1. The van der Waals surface area contributed by atoms with Gasteiger partial charge in [0.2, 0.25) is 0 Å². The Hall–Kier alpha value is -0.670. The minimum atomic E-state index is -4.62. The Balaban J connectivity index is -0.00000300. The van der Waals surface area contributed by atoms with E-state index in [1.165, 1.54) is 6.07 Å². The molecule has 0 radical (unpaired) electrons. The van der Waals surface area contributed by atoms with Crippen molar-refractivity contribution in [1.82, 2.24) is 0 Å². The Labute approximate surface area is 219 Å². The summed E-state index contributed by atoms with van der Waals surface area (Å²) in [5.74, 6) is -1.51. The van der Waals surface area contributed by atoms with Crippen molar-refractivity contribution in [1.29, 1.82) is 0 Å². The van der Waals surface area contributed by atoms with Crippen LogP contribution in [0.4, 0.5) is 0 Å². The number of esters is 2. The van der Waals surface area contributed by atoms with Crippen molar-refractivity contribution in [3.63, 3.8) is 0 Å². The zero-order valence-electron chi connectivity index (χ0n) is 21.1. The number of benzene rings is 1. The maximum absolute atomic E-state index is 12.5. The number of hydrogen-bond acceptors (Lipinski definition) is 6. The molecule has 0 saturated heterocycles. The van der Waals surface area contributed by atoms with E-state index < -0.39 is 27.0 Å². The third-order valence-corrected chi connectivity index (χ3v) is 5.55. The Morgan fingerprint density at radius 1 is 0.871 bits per heavy atom. The number of carbonyl (C=O) groups excluding carboxylic acids is 2. The molecule has 0 spiro atoms. The Bertz CT molecular complexity index is 771. The molecule has 1 N–H and O–H groups in total. The molecule has 9 heteroatoms. The third-order valence-electron chi connectivity index (χ3n) is 4.72. The summed E-state index contributed by atoms with van der Waals surface area (Å²) in [5.41, 5.74) is -0.254. The van der Waals surface area contributed by atoms with Crippen LogP contribution in [0.15, 0.2) is 23.1 Å². The van der Waals surface area contributed by atoms with Crippen molar-refractivity contribution in [2.45, 2.75) is 96.2 Å². The Morgan fingerprint density at radius 3 is 1.58 bits per heavy atom. The van der Waals surface area contributed by atoms with E-state index in [0.717, 1.165) is 50.7 Å². The van der Waals surface area contributed by atoms with Crippen molar-refractivity contribution >= 4 is 59.8 Å². The number of rotatable bonds is 13. The van der Waals surface area contributed by atoms with Gasteiger partial charge in [-0.3, -0.25) is 4.55 Å². The smallest absolute Gasteiger partial charge is 1.00 e. The summed E-state index contributed by atoms with van der Waals surface area (Å²) in [7, 11) is -4.62. The Kier molecular flexibility index (Phi) is 14.9.